The molecule has 4 heterocycles. The van der Waals surface area contributed by atoms with Gasteiger partial charge in [0, 0.05) is 17.8 Å². The molecule has 0 bridgehead atoms. The highest BCUT2D eigenvalue weighted by atomic mass is 19.1. The van der Waals surface area contributed by atoms with E-state index in [1.54, 1.807) is 6.07 Å². The Morgan fingerprint density at radius 3 is 2.50 bits per heavy atom. The average molecular weight is 492 g/mol. The van der Waals surface area contributed by atoms with E-state index in [9.17, 15) is 8.78 Å². The third kappa shape index (κ3) is 4.93. The van der Waals surface area contributed by atoms with Gasteiger partial charge >= 0.3 is 0 Å². The van der Waals surface area contributed by atoms with Gasteiger partial charge in [0.15, 0.2) is 11.6 Å². The lowest BCUT2D eigenvalue weighted by Gasteiger charge is -2.28. The molecule has 1 N–H and O–H groups in total. The second-order valence-corrected chi connectivity index (χ2v) is 9.97. The molecule has 1 aliphatic heterocycles. The number of nitrogens with one attached hydrogen (secondary N) is 1. The van der Waals surface area contributed by atoms with E-state index in [1.807, 2.05) is 37.6 Å². The number of aryl methyl sites for hydroxylation is 1. The molecule has 0 atom stereocenters. The molecule has 1 aliphatic rings. The predicted octanol–water partition coefficient (Wildman–Crippen LogP) is 5.68. The number of fused-ring (bicyclic) bond motifs is 1. The lowest BCUT2D eigenvalue weighted by atomic mass is 9.91. The molecule has 0 saturated carbocycles. The van der Waals surface area contributed by atoms with E-state index >= 15 is 0 Å². The fourth-order valence-corrected chi connectivity index (χ4v) is 5.02. The van der Waals surface area contributed by atoms with Gasteiger partial charge < -0.3 is 14.8 Å². The first-order valence-corrected chi connectivity index (χ1v) is 12.4. The van der Waals surface area contributed by atoms with Crippen LogP contribution in [0.1, 0.15) is 44.1 Å². The molecule has 0 amide bonds. The normalized spacial score (nSPS) is 15.2. The maximum absolute atomic E-state index is 14.9. The number of piperidine rings is 1. The van der Waals surface area contributed by atoms with Crippen LogP contribution < -0.4 is 5.32 Å². The van der Waals surface area contributed by atoms with Gasteiger partial charge in [-0.25, -0.2) is 28.7 Å². The van der Waals surface area contributed by atoms with Crippen LogP contribution in [0.4, 0.5) is 20.5 Å². The van der Waals surface area contributed by atoms with Gasteiger partial charge in [-0.2, -0.15) is 0 Å². The molecule has 9 heteroatoms. The van der Waals surface area contributed by atoms with Gasteiger partial charge in [0.25, 0.3) is 0 Å². The Labute approximate surface area is 209 Å². The molecule has 1 aromatic carbocycles. The molecule has 0 radical (unpaired) electrons. The second kappa shape index (κ2) is 9.89. The third-order valence-corrected chi connectivity index (χ3v) is 6.89. The second-order valence-electron chi connectivity index (χ2n) is 9.97. The highest BCUT2D eigenvalue weighted by Crippen LogP contribution is 2.30. The van der Waals surface area contributed by atoms with Gasteiger partial charge in [-0.1, -0.05) is 6.07 Å². The monoisotopic (exact) mass is 491 g/mol. The summed E-state index contributed by atoms with van der Waals surface area (Å²) in [4.78, 5) is 19.6. The number of benzene rings is 1. The molecule has 36 heavy (non-hydrogen) atoms. The first-order valence-electron chi connectivity index (χ1n) is 12.4. The topological polar surface area (TPSA) is 71.8 Å². The standard InChI is InChI=1S/C27H31F2N7/c1-16(2)36-17(3)32-26-21(28)12-20(13-23(26)36)25-22(29)15-31-27(34-25)33-24-6-5-19(14-30-24)11-18-7-9-35(4)10-8-18/h5-6,12-16,18H,7-11H2,1-4H3,(H,30,31,33,34). The summed E-state index contributed by atoms with van der Waals surface area (Å²) in [5.41, 5.74) is 2.40. The summed E-state index contributed by atoms with van der Waals surface area (Å²) >= 11 is 0. The fourth-order valence-electron chi connectivity index (χ4n) is 5.02. The quantitative estimate of drug-likeness (QED) is 0.374. The van der Waals surface area contributed by atoms with E-state index < -0.39 is 11.6 Å². The number of hydrogen-bond donors (Lipinski definition) is 1. The van der Waals surface area contributed by atoms with E-state index in [-0.39, 0.29) is 23.2 Å². The number of likely N-dealkylation sites (tertiary alicyclic amines) is 1. The number of nitrogens with zero attached hydrogens (tertiary/aromatic N) is 6. The number of imidazole rings is 1. The van der Waals surface area contributed by atoms with E-state index in [0.717, 1.165) is 25.7 Å². The Kier molecular flexibility index (Phi) is 6.66. The molecule has 1 fully saturated rings. The molecule has 0 unspecified atom stereocenters. The summed E-state index contributed by atoms with van der Waals surface area (Å²) < 4.78 is 31.6. The zero-order valence-electron chi connectivity index (χ0n) is 21.1. The Bertz CT molecular complexity index is 1370. The van der Waals surface area contributed by atoms with E-state index in [2.05, 4.69) is 43.3 Å². The van der Waals surface area contributed by atoms with Crippen molar-refractivity contribution in [1.29, 1.82) is 0 Å². The predicted molar refractivity (Wildman–Crippen MR) is 137 cm³/mol. The van der Waals surface area contributed by atoms with Crippen molar-refractivity contribution < 1.29 is 8.78 Å². The van der Waals surface area contributed by atoms with Crippen molar-refractivity contribution in [3.63, 3.8) is 0 Å². The number of anilines is 2. The average Bonchev–Trinajstić information content (AvgIpc) is 3.19. The molecular formula is C27H31F2N7. The molecule has 188 valence electrons. The Morgan fingerprint density at radius 2 is 1.81 bits per heavy atom. The van der Waals surface area contributed by atoms with Gasteiger partial charge in [-0.15, -0.1) is 0 Å². The Morgan fingerprint density at radius 1 is 1.03 bits per heavy atom. The molecule has 7 nitrogen and oxygen atoms in total. The summed E-state index contributed by atoms with van der Waals surface area (Å²) in [6, 6.07) is 7.00. The zero-order valence-corrected chi connectivity index (χ0v) is 21.1. The van der Waals surface area contributed by atoms with Crippen molar-refractivity contribution in [3.05, 3.63) is 59.7 Å². The van der Waals surface area contributed by atoms with Crippen molar-refractivity contribution in [1.82, 2.24) is 29.4 Å². The molecule has 3 aromatic heterocycles. The van der Waals surface area contributed by atoms with Gasteiger partial charge in [0.1, 0.15) is 22.9 Å². The maximum atomic E-state index is 14.9. The summed E-state index contributed by atoms with van der Waals surface area (Å²) in [5, 5.41) is 3.05. The zero-order chi connectivity index (χ0) is 25.4. The van der Waals surface area contributed by atoms with Crippen LogP contribution in [-0.2, 0) is 6.42 Å². The maximum Gasteiger partial charge on any atom is 0.229 e. The smallest absolute Gasteiger partial charge is 0.229 e. The summed E-state index contributed by atoms with van der Waals surface area (Å²) in [5.74, 6) is 0.989. The molecule has 1 saturated heterocycles. The van der Waals surface area contributed by atoms with Crippen LogP contribution in [-0.4, -0.2) is 49.5 Å². The molecule has 4 aromatic rings. The minimum absolute atomic E-state index is 0.0151. The highest BCUT2D eigenvalue weighted by Gasteiger charge is 2.19. The number of aromatic nitrogens is 5. The molecular weight excluding hydrogens is 460 g/mol. The molecule has 0 spiro atoms. The third-order valence-electron chi connectivity index (χ3n) is 6.89. The van der Waals surface area contributed by atoms with Crippen LogP contribution in [0.3, 0.4) is 0 Å². The SMILES string of the molecule is Cc1nc2c(F)cc(-c3nc(Nc4ccc(CC5CCN(C)CC5)cn4)ncc3F)cc2n1C(C)C. The minimum atomic E-state index is -0.631. The van der Waals surface area contributed by atoms with Crippen molar-refractivity contribution in [3.8, 4) is 11.3 Å². The van der Waals surface area contributed by atoms with Gasteiger partial charge in [-0.3, -0.25) is 0 Å². The van der Waals surface area contributed by atoms with E-state index in [1.165, 1.54) is 24.5 Å². The van der Waals surface area contributed by atoms with E-state index in [4.69, 9.17) is 0 Å². The van der Waals surface area contributed by atoms with Crippen LogP contribution in [0.15, 0.2) is 36.7 Å². The van der Waals surface area contributed by atoms with Gasteiger partial charge in [-0.05, 0) is 89.9 Å². The van der Waals surface area contributed by atoms with Crippen molar-refractivity contribution >= 4 is 22.8 Å². The lowest BCUT2D eigenvalue weighted by Crippen LogP contribution is -2.30. The number of hydrogen-bond acceptors (Lipinski definition) is 6. The number of rotatable bonds is 6. The van der Waals surface area contributed by atoms with Crippen LogP contribution in [0.25, 0.3) is 22.3 Å². The summed E-state index contributed by atoms with van der Waals surface area (Å²) in [6.07, 6.45) is 6.37. The number of halogens is 2. The largest absolute Gasteiger partial charge is 0.326 e. The lowest BCUT2D eigenvalue weighted by molar-refractivity contribution is 0.219. The van der Waals surface area contributed by atoms with Crippen molar-refractivity contribution in [2.24, 2.45) is 5.92 Å². The van der Waals surface area contributed by atoms with Crippen molar-refractivity contribution in [2.75, 3.05) is 25.5 Å². The van der Waals surface area contributed by atoms with Gasteiger partial charge in [0.2, 0.25) is 5.95 Å². The van der Waals surface area contributed by atoms with Crippen LogP contribution in [0.5, 0.6) is 0 Å². The first kappa shape index (κ1) is 24.2. The highest BCUT2D eigenvalue weighted by molar-refractivity contribution is 5.83. The Balaban J connectivity index is 1.38. The van der Waals surface area contributed by atoms with Crippen LogP contribution in [0.2, 0.25) is 0 Å². The fraction of sp³-hybridized carbons (Fsp3) is 0.407. The minimum Gasteiger partial charge on any atom is -0.326 e. The van der Waals surface area contributed by atoms with Gasteiger partial charge in [0.05, 0.1) is 11.7 Å². The molecule has 0 aliphatic carbocycles. The van der Waals surface area contributed by atoms with Crippen LogP contribution >= 0.6 is 0 Å². The summed E-state index contributed by atoms with van der Waals surface area (Å²) in [6.45, 7) is 8.10. The van der Waals surface area contributed by atoms with Crippen LogP contribution in [0, 0.1) is 24.5 Å². The number of pyridine rings is 1. The van der Waals surface area contributed by atoms with E-state index in [0.29, 0.717) is 28.6 Å². The first-order chi connectivity index (χ1) is 17.3. The summed E-state index contributed by atoms with van der Waals surface area (Å²) in [7, 11) is 2.16. The Hall–Kier alpha value is -3.46. The molecule has 5 rings (SSSR count). The van der Waals surface area contributed by atoms with Crippen molar-refractivity contribution in [2.45, 2.75) is 46.1 Å².